The van der Waals surface area contributed by atoms with E-state index in [1.807, 2.05) is 20.8 Å². The summed E-state index contributed by atoms with van der Waals surface area (Å²) in [5, 5.41) is 0. The van der Waals surface area contributed by atoms with E-state index in [1.54, 1.807) is 6.07 Å². The van der Waals surface area contributed by atoms with Crippen LogP contribution in [0.3, 0.4) is 0 Å². The van der Waals surface area contributed by atoms with Gasteiger partial charge in [-0.1, -0.05) is 23.2 Å². The van der Waals surface area contributed by atoms with Gasteiger partial charge in [-0.3, -0.25) is 4.99 Å². The van der Waals surface area contributed by atoms with Gasteiger partial charge in [0.05, 0.1) is 9.88 Å². The molecule has 0 aromatic carbocycles. The second kappa shape index (κ2) is 4.70. The molecule has 0 aliphatic carbocycles. The third-order valence-corrected chi connectivity index (χ3v) is 2.98. The Morgan fingerprint density at radius 3 is 2.40 bits per heavy atom. The lowest BCUT2D eigenvalue weighted by molar-refractivity contribution is 0.580. The summed E-state index contributed by atoms with van der Waals surface area (Å²) in [6, 6.07) is 1.75. The molecule has 1 heterocycles. The van der Waals surface area contributed by atoms with Crippen molar-refractivity contribution in [2.75, 3.05) is 0 Å². The minimum atomic E-state index is -0.223. The highest BCUT2D eigenvalue weighted by Crippen LogP contribution is 2.31. The van der Waals surface area contributed by atoms with E-state index >= 15 is 0 Å². The number of nitrogens with zero attached hydrogens (tertiary/aromatic N) is 1. The van der Waals surface area contributed by atoms with Crippen LogP contribution >= 0.6 is 34.5 Å². The van der Waals surface area contributed by atoms with E-state index in [4.69, 9.17) is 29.0 Å². The predicted octanol–water partition coefficient (Wildman–Crippen LogP) is 3.06. The molecule has 15 heavy (non-hydrogen) atoms. The van der Waals surface area contributed by atoms with E-state index < -0.39 is 0 Å². The molecule has 0 spiro atoms. The molecule has 1 aromatic rings. The first-order chi connectivity index (χ1) is 6.83. The van der Waals surface area contributed by atoms with Crippen LogP contribution in [0.2, 0.25) is 8.67 Å². The van der Waals surface area contributed by atoms with E-state index in [0.29, 0.717) is 14.5 Å². The van der Waals surface area contributed by atoms with Crippen LogP contribution in [-0.4, -0.2) is 11.4 Å². The van der Waals surface area contributed by atoms with Crippen LogP contribution in [0.15, 0.2) is 11.1 Å². The summed E-state index contributed by atoms with van der Waals surface area (Å²) in [6.07, 6.45) is 0. The van der Waals surface area contributed by atoms with Crippen molar-refractivity contribution in [1.29, 1.82) is 0 Å². The second-order valence-corrected chi connectivity index (χ2v) is 6.30. The van der Waals surface area contributed by atoms with Gasteiger partial charge in [-0.25, -0.2) is 5.84 Å². The van der Waals surface area contributed by atoms with Gasteiger partial charge < -0.3 is 5.43 Å². The number of hydrogen-bond donors (Lipinski definition) is 2. The average molecular weight is 266 g/mol. The lowest BCUT2D eigenvalue weighted by Crippen LogP contribution is -2.33. The minimum absolute atomic E-state index is 0.223. The maximum atomic E-state index is 6.01. The van der Waals surface area contributed by atoms with E-state index in [0.717, 1.165) is 5.56 Å². The second-order valence-electron chi connectivity index (χ2n) is 4.01. The molecular weight excluding hydrogens is 253 g/mol. The molecule has 0 aliphatic rings. The molecule has 0 unspecified atom stereocenters. The van der Waals surface area contributed by atoms with Crippen LogP contribution in [0.1, 0.15) is 26.3 Å². The smallest absolute Gasteiger partial charge is 0.145 e. The van der Waals surface area contributed by atoms with E-state index in [-0.39, 0.29) is 5.54 Å². The third-order valence-electron chi connectivity index (χ3n) is 1.50. The fourth-order valence-electron chi connectivity index (χ4n) is 1.01. The maximum Gasteiger partial charge on any atom is 0.145 e. The maximum absolute atomic E-state index is 6.01. The first-order valence-corrected chi connectivity index (χ1v) is 5.92. The highest BCUT2D eigenvalue weighted by Gasteiger charge is 2.15. The minimum Gasteiger partial charge on any atom is -0.308 e. The molecule has 3 N–H and O–H groups in total. The Bertz CT molecular complexity index is 379. The summed E-state index contributed by atoms with van der Waals surface area (Å²) in [7, 11) is 0. The van der Waals surface area contributed by atoms with Gasteiger partial charge in [0.25, 0.3) is 0 Å². The van der Waals surface area contributed by atoms with Crippen LogP contribution in [0.4, 0.5) is 0 Å². The Morgan fingerprint density at radius 2 is 2.07 bits per heavy atom. The number of rotatable bonds is 1. The Balaban J connectivity index is 3.13. The molecule has 0 saturated heterocycles. The number of amidine groups is 1. The largest absolute Gasteiger partial charge is 0.308 e. The van der Waals surface area contributed by atoms with Gasteiger partial charge in [-0.05, 0) is 26.8 Å². The van der Waals surface area contributed by atoms with Gasteiger partial charge in [-0.15, -0.1) is 11.3 Å². The van der Waals surface area contributed by atoms with Crippen molar-refractivity contribution in [2.24, 2.45) is 10.8 Å². The number of aliphatic imine (C=N–C) groups is 1. The molecule has 0 bridgehead atoms. The van der Waals surface area contributed by atoms with Crippen molar-refractivity contribution in [3.8, 4) is 0 Å². The van der Waals surface area contributed by atoms with Gasteiger partial charge in [0.2, 0.25) is 0 Å². The average Bonchev–Trinajstić information content (AvgIpc) is 2.39. The van der Waals surface area contributed by atoms with Crippen molar-refractivity contribution >= 4 is 40.4 Å². The lowest BCUT2D eigenvalue weighted by Gasteiger charge is -2.15. The van der Waals surface area contributed by atoms with E-state index in [2.05, 4.69) is 10.4 Å². The Morgan fingerprint density at radius 1 is 1.47 bits per heavy atom. The molecule has 0 radical (unpaired) electrons. The normalized spacial score (nSPS) is 13.1. The number of hydrazine groups is 1. The number of nitrogens with two attached hydrogens (primary N) is 1. The molecule has 3 nitrogen and oxygen atoms in total. The molecule has 0 saturated carbocycles. The molecule has 1 aromatic heterocycles. The molecule has 6 heteroatoms. The van der Waals surface area contributed by atoms with Crippen LogP contribution in [0.5, 0.6) is 0 Å². The monoisotopic (exact) mass is 265 g/mol. The highest BCUT2D eigenvalue weighted by molar-refractivity contribution is 7.20. The summed E-state index contributed by atoms with van der Waals surface area (Å²) >= 11 is 13.1. The Kier molecular flexibility index (Phi) is 4.00. The zero-order valence-corrected chi connectivity index (χ0v) is 11.1. The van der Waals surface area contributed by atoms with Crippen molar-refractivity contribution in [3.63, 3.8) is 0 Å². The van der Waals surface area contributed by atoms with Crippen LogP contribution in [0.25, 0.3) is 0 Å². The Hall–Kier alpha value is -0.290. The third kappa shape index (κ3) is 3.65. The molecule has 0 fully saturated rings. The summed E-state index contributed by atoms with van der Waals surface area (Å²) < 4.78 is 1.20. The predicted molar refractivity (Wildman–Crippen MR) is 68.0 cm³/mol. The fourth-order valence-corrected chi connectivity index (χ4v) is 2.47. The van der Waals surface area contributed by atoms with E-state index in [1.165, 1.54) is 11.3 Å². The number of thiophene rings is 1. The zero-order chi connectivity index (χ0) is 11.6. The summed E-state index contributed by atoms with van der Waals surface area (Å²) in [5.41, 5.74) is 3.06. The van der Waals surface area contributed by atoms with Crippen LogP contribution in [-0.2, 0) is 0 Å². The van der Waals surface area contributed by atoms with E-state index in [9.17, 15) is 0 Å². The number of nitrogens with one attached hydrogen (secondary N) is 1. The van der Waals surface area contributed by atoms with Crippen LogP contribution in [0, 0.1) is 0 Å². The summed E-state index contributed by atoms with van der Waals surface area (Å²) in [4.78, 5) is 4.42. The quantitative estimate of drug-likeness (QED) is 0.355. The first kappa shape index (κ1) is 12.8. The number of halogens is 2. The standard InChI is InChI=1S/C9H13Cl2N3S/c1-9(2,3)13-8(14-12)5-4-6(10)15-7(5)11/h4H,12H2,1-3H3,(H,13,14). The Labute approximate surface area is 103 Å². The molecule has 1 rings (SSSR count). The molecule has 84 valence electrons. The molecule has 0 atom stereocenters. The topological polar surface area (TPSA) is 50.4 Å². The van der Waals surface area contributed by atoms with Crippen LogP contribution < -0.4 is 11.3 Å². The SMILES string of the molecule is CC(C)(C)N=C(NN)c1cc(Cl)sc1Cl. The lowest BCUT2D eigenvalue weighted by atomic mass is 10.1. The summed E-state index contributed by atoms with van der Waals surface area (Å²) in [6.45, 7) is 5.94. The van der Waals surface area contributed by atoms with Crippen molar-refractivity contribution in [1.82, 2.24) is 5.43 Å². The molecule has 0 amide bonds. The van der Waals surface area contributed by atoms with Gasteiger partial charge in [0.1, 0.15) is 10.2 Å². The fraction of sp³-hybridized carbons (Fsp3) is 0.444. The van der Waals surface area contributed by atoms with Gasteiger partial charge in [-0.2, -0.15) is 0 Å². The summed E-state index contributed by atoms with van der Waals surface area (Å²) in [5.74, 6) is 5.96. The van der Waals surface area contributed by atoms with Crippen molar-refractivity contribution < 1.29 is 0 Å². The van der Waals surface area contributed by atoms with Gasteiger partial charge in [0.15, 0.2) is 0 Å². The molecule has 0 aliphatic heterocycles. The molecular formula is C9H13Cl2N3S. The highest BCUT2D eigenvalue weighted by atomic mass is 35.5. The van der Waals surface area contributed by atoms with Gasteiger partial charge >= 0.3 is 0 Å². The zero-order valence-electron chi connectivity index (χ0n) is 8.77. The number of hydrogen-bond acceptors (Lipinski definition) is 3. The van der Waals surface area contributed by atoms with Gasteiger partial charge in [0, 0.05) is 5.56 Å². The first-order valence-electron chi connectivity index (χ1n) is 4.35. The van der Waals surface area contributed by atoms with Crippen molar-refractivity contribution in [3.05, 3.63) is 20.3 Å². The van der Waals surface area contributed by atoms with Crippen molar-refractivity contribution in [2.45, 2.75) is 26.3 Å².